The standard InChI is InChI=1S/C13H23NO/c1-14(12-7-8-13(15)9-12)10-11-5-3-2-4-6-11/h11-12H,2-10H2,1H3. The topological polar surface area (TPSA) is 20.3 Å². The van der Waals surface area contributed by atoms with Crippen molar-refractivity contribution in [3.05, 3.63) is 0 Å². The molecule has 1 unspecified atom stereocenters. The summed E-state index contributed by atoms with van der Waals surface area (Å²) in [6.45, 7) is 1.22. The summed E-state index contributed by atoms with van der Waals surface area (Å²) in [7, 11) is 2.21. The van der Waals surface area contributed by atoms with Crippen molar-refractivity contribution in [2.24, 2.45) is 5.92 Å². The van der Waals surface area contributed by atoms with E-state index < -0.39 is 0 Å². The average Bonchev–Trinajstić information content (AvgIpc) is 2.66. The zero-order chi connectivity index (χ0) is 10.7. The molecule has 0 spiro atoms. The molecule has 2 heteroatoms. The fraction of sp³-hybridized carbons (Fsp3) is 0.923. The van der Waals surface area contributed by atoms with Gasteiger partial charge in [-0.2, -0.15) is 0 Å². The van der Waals surface area contributed by atoms with Gasteiger partial charge < -0.3 is 4.90 Å². The number of hydrogen-bond donors (Lipinski definition) is 0. The number of hydrogen-bond acceptors (Lipinski definition) is 2. The van der Waals surface area contributed by atoms with Gasteiger partial charge in [0, 0.05) is 25.4 Å². The number of Topliss-reactive ketones (excluding diaryl/α,β-unsaturated/α-hetero) is 1. The molecule has 2 nitrogen and oxygen atoms in total. The fourth-order valence-electron chi connectivity index (χ4n) is 3.10. The van der Waals surface area contributed by atoms with Gasteiger partial charge in [-0.25, -0.2) is 0 Å². The highest BCUT2D eigenvalue weighted by molar-refractivity contribution is 5.81. The number of carbonyl (C=O) groups excluding carboxylic acids is 1. The van der Waals surface area contributed by atoms with Crippen molar-refractivity contribution in [1.82, 2.24) is 4.90 Å². The van der Waals surface area contributed by atoms with E-state index in [0.717, 1.165) is 25.2 Å². The van der Waals surface area contributed by atoms with Gasteiger partial charge >= 0.3 is 0 Å². The molecule has 2 aliphatic rings. The lowest BCUT2D eigenvalue weighted by Crippen LogP contribution is -2.34. The lowest BCUT2D eigenvalue weighted by Gasteiger charge is -2.30. The summed E-state index contributed by atoms with van der Waals surface area (Å²) < 4.78 is 0. The molecule has 2 aliphatic carbocycles. The van der Waals surface area contributed by atoms with Crippen LogP contribution in [0.1, 0.15) is 51.4 Å². The normalized spacial score (nSPS) is 28.9. The maximum Gasteiger partial charge on any atom is 0.134 e. The first-order valence-corrected chi connectivity index (χ1v) is 6.47. The van der Waals surface area contributed by atoms with Gasteiger partial charge in [-0.05, 0) is 32.2 Å². The summed E-state index contributed by atoms with van der Waals surface area (Å²) in [5.41, 5.74) is 0. The summed E-state index contributed by atoms with van der Waals surface area (Å²) >= 11 is 0. The monoisotopic (exact) mass is 209 g/mol. The second-order valence-corrected chi connectivity index (χ2v) is 5.38. The summed E-state index contributed by atoms with van der Waals surface area (Å²) in [5, 5.41) is 0. The number of rotatable bonds is 3. The molecule has 1 atom stereocenters. The zero-order valence-corrected chi connectivity index (χ0v) is 9.87. The smallest absolute Gasteiger partial charge is 0.134 e. The number of nitrogens with zero attached hydrogens (tertiary/aromatic N) is 1. The van der Waals surface area contributed by atoms with Crippen LogP contribution in [0.25, 0.3) is 0 Å². The van der Waals surface area contributed by atoms with Crippen molar-refractivity contribution in [3.8, 4) is 0 Å². The van der Waals surface area contributed by atoms with Crippen LogP contribution < -0.4 is 0 Å². The van der Waals surface area contributed by atoms with Crippen LogP contribution in [0, 0.1) is 5.92 Å². The summed E-state index contributed by atoms with van der Waals surface area (Å²) in [6, 6.07) is 0.555. The predicted octanol–water partition coefficient (Wildman–Crippen LogP) is 2.62. The van der Waals surface area contributed by atoms with E-state index in [1.165, 1.54) is 38.6 Å². The average molecular weight is 209 g/mol. The molecule has 0 N–H and O–H groups in total. The van der Waals surface area contributed by atoms with E-state index in [4.69, 9.17) is 0 Å². The Hall–Kier alpha value is -0.370. The Morgan fingerprint density at radius 2 is 1.93 bits per heavy atom. The Bertz CT molecular complexity index is 221. The lowest BCUT2D eigenvalue weighted by atomic mass is 9.88. The third-order valence-electron chi connectivity index (χ3n) is 4.11. The largest absolute Gasteiger partial charge is 0.303 e. The Balaban J connectivity index is 1.75. The molecule has 0 amide bonds. The predicted molar refractivity (Wildman–Crippen MR) is 61.9 cm³/mol. The third-order valence-corrected chi connectivity index (χ3v) is 4.11. The third kappa shape index (κ3) is 3.04. The van der Waals surface area contributed by atoms with Crippen molar-refractivity contribution < 1.29 is 4.79 Å². The molecule has 0 heterocycles. The molecular weight excluding hydrogens is 186 g/mol. The molecule has 2 rings (SSSR count). The Morgan fingerprint density at radius 1 is 1.20 bits per heavy atom. The minimum absolute atomic E-state index is 0.468. The molecule has 0 bridgehead atoms. The molecule has 2 saturated carbocycles. The van der Waals surface area contributed by atoms with Crippen molar-refractivity contribution in [3.63, 3.8) is 0 Å². The van der Waals surface area contributed by atoms with Crippen LogP contribution in [0.15, 0.2) is 0 Å². The molecule has 15 heavy (non-hydrogen) atoms. The summed E-state index contributed by atoms with van der Waals surface area (Å²) in [5.74, 6) is 1.37. The number of carbonyl (C=O) groups is 1. The fourth-order valence-corrected chi connectivity index (χ4v) is 3.10. The molecule has 2 fully saturated rings. The van der Waals surface area contributed by atoms with Gasteiger partial charge in [-0.15, -0.1) is 0 Å². The SMILES string of the molecule is CN(CC1CCCCC1)C1CCC(=O)C1. The number of ketones is 1. The van der Waals surface area contributed by atoms with Crippen LogP contribution in [0.5, 0.6) is 0 Å². The van der Waals surface area contributed by atoms with E-state index >= 15 is 0 Å². The van der Waals surface area contributed by atoms with Crippen molar-refractivity contribution in [2.45, 2.75) is 57.4 Å². The van der Waals surface area contributed by atoms with Crippen LogP contribution in [0.2, 0.25) is 0 Å². The quantitative estimate of drug-likeness (QED) is 0.712. The second kappa shape index (κ2) is 5.11. The van der Waals surface area contributed by atoms with Gasteiger partial charge in [0.1, 0.15) is 5.78 Å². The first kappa shape index (κ1) is 11.1. The van der Waals surface area contributed by atoms with E-state index in [-0.39, 0.29) is 0 Å². The van der Waals surface area contributed by atoms with Gasteiger partial charge in [-0.1, -0.05) is 19.3 Å². The molecule has 86 valence electrons. The minimum atomic E-state index is 0.468. The first-order chi connectivity index (χ1) is 7.25. The molecule has 0 aliphatic heterocycles. The van der Waals surface area contributed by atoms with E-state index in [1.807, 2.05) is 0 Å². The van der Waals surface area contributed by atoms with E-state index in [0.29, 0.717) is 11.8 Å². The van der Waals surface area contributed by atoms with Crippen molar-refractivity contribution in [2.75, 3.05) is 13.6 Å². The molecule has 0 aromatic carbocycles. The zero-order valence-electron chi connectivity index (χ0n) is 9.87. The van der Waals surface area contributed by atoms with Crippen molar-refractivity contribution >= 4 is 5.78 Å². The molecule has 0 saturated heterocycles. The van der Waals surface area contributed by atoms with Crippen molar-refractivity contribution in [1.29, 1.82) is 0 Å². The first-order valence-electron chi connectivity index (χ1n) is 6.47. The Morgan fingerprint density at radius 3 is 2.53 bits per heavy atom. The van der Waals surface area contributed by atoms with E-state index in [2.05, 4.69) is 11.9 Å². The van der Waals surface area contributed by atoms with Gasteiger partial charge in [0.05, 0.1) is 0 Å². The van der Waals surface area contributed by atoms with Crippen LogP contribution in [-0.2, 0) is 4.79 Å². The Kier molecular flexibility index (Phi) is 3.79. The summed E-state index contributed by atoms with van der Waals surface area (Å²) in [4.78, 5) is 13.7. The van der Waals surface area contributed by atoms with Crippen LogP contribution in [0.3, 0.4) is 0 Å². The van der Waals surface area contributed by atoms with Gasteiger partial charge in [0.2, 0.25) is 0 Å². The molecule has 0 radical (unpaired) electrons. The minimum Gasteiger partial charge on any atom is -0.303 e. The maximum atomic E-state index is 11.2. The Labute approximate surface area is 93.0 Å². The molecular formula is C13H23NO. The maximum absolute atomic E-state index is 11.2. The summed E-state index contributed by atoms with van der Waals surface area (Å²) in [6.07, 6.45) is 9.81. The van der Waals surface area contributed by atoms with Crippen LogP contribution in [0.4, 0.5) is 0 Å². The van der Waals surface area contributed by atoms with Gasteiger partial charge in [-0.3, -0.25) is 4.79 Å². The highest BCUT2D eigenvalue weighted by Gasteiger charge is 2.27. The van der Waals surface area contributed by atoms with Crippen LogP contribution >= 0.6 is 0 Å². The van der Waals surface area contributed by atoms with E-state index in [9.17, 15) is 4.79 Å². The second-order valence-electron chi connectivity index (χ2n) is 5.38. The van der Waals surface area contributed by atoms with E-state index in [1.54, 1.807) is 0 Å². The highest BCUT2D eigenvalue weighted by atomic mass is 16.1. The van der Waals surface area contributed by atoms with Gasteiger partial charge in [0.25, 0.3) is 0 Å². The van der Waals surface area contributed by atoms with Gasteiger partial charge in [0.15, 0.2) is 0 Å². The molecule has 0 aromatic heterocycles. The van der Waals surface area contributed by atoms with Crippen LogP contribution in [-0.4, -0.2) is 30.3 Å². The highest BCUT2D eigenvalue weighted by Crippen LogP contribution is 2.27. The lowest BCUT2D eigenvalue weighted by molar-refractivity contribution is -0.117. The molecule has 0 aromatic rings.